The van der Waals surface area contributed by atoms with Gasteiger partial charge in [0, 0.05) is 5.56 Å². The van der Waals surface area contributed by atoms with E-state index in [0.29, 0.717) is 0 Å². The summed E-state index contributed by atoms with van der Waals surface area (Å²) in [5.41, 5.74) is 0.239. The summed E-state index contributed by atoms with van der Waals surface area (Å²) in [6.07, 6.45) is 0. The molecule has 0 atom stereocenters. The number of carbonyl (C=O) groups excluding carboxylic acids is 1. The third-order valence-electron chi connectivity index (χ3n) is 2.28. The predicted octanol–water partition coefficient (Wildman–Crippen LogP) is 2.85. The van der Waals surface area contributed by atoms with Crippen LogP contribution in [0, 0.1) is 5.41 Å². The molecule has 0 bridgehead atoms. The molecule has 0 aliphatic carbocycles. The molecule has 2 rings (SSSR count). The van der Waals surface area contributed by atoms with Crippen molar-refractivity contribution in [2.75, 3.05) is 0 Å². The second kappa shape index (κ2) is 3.40. The molecule has 0 fully saturated rings. The van der Waals surface area contributed by atoms with Gasteiger partial charge in [0.15, 0.2) is 0 Å². The van der Waals surface area contributed by atoms with E-state index in [-0.39, 0.29) is 5.97 Å². The Morgan fingerprint density at radius 2 is 1.75 bits per heavy atom. The summed E-state index contributed by atoms with van der Waals surface area (Å²) in [5, 5.41) is 7.68. The van der Waals surface area contributed by atoms with Crippen molar-refractivity contribution in [3.05, 3.63) is 35.9 Å². The van der Waals surface area contributed by atoms with Crippen LogP contribution in [0.15, 0.2) is 40.6 Å². The number of nitrogens with zero attached hydrogens (tertiary/aromatic N) is 2. The summed E-state index contributed by atoms with van der Waals surface area (Å²) in [6, 6.07) is 9.31. The molecule has 1 heterocycles. The molecule has 1 aromatic carbocycles. The monoisotopic (exact) mass is 218 g/mol. The van der Waals surface area contributed by atoms with Crippen LogP contribution >= 0.6 is 0 Å². The van der Waals surface area contributed by atoms with Crippen molar-refractivity contribution < 1.29 is 9.53 Å². The Morgan fingerprint density at radius 3 is 2.19 bits per heavy atom. The summed E-state index contributed by atoms with van der Waals surface area (Å²) in [5.74, 6) is -1.38. The fourth-order valence-electron chi connectivity index (χ4n) is 1.20. The van der Waals surface area contributed by atoms with Crippen molar-refractivity contribution in [1.29, 1.82) is 0 Å². The Balaban J connectivity index is 2.14. The van der Waals surface area contributed by atoms with E-state index in [9.17, 15) is 4.79 Å². The average Bonchev–Trinajstić information content (AvgIpc) is 2.99. The molecule has 1 aromatic rings. The van der Waals surface area contributed by atoms with Crippen LogP contribution in [0.3, 0.4) is 0 Å². The molecule has 0 unspecified atom stereocenters. The second-order valence-electron chi connectivity index (χ2n) is 4.81. The summed E-state index contributed by atoms with van der Waals surface area (Å²) in [4.78, 5) is 11.8. The van der Waals surface area contributed by atoms with E-state index in [4.69, 9.17) is 4.74 Å². The molecular weight excluding hydrogens is 204 g/mol. The van der Waals surface area contributed by atoms with E-state index in [2.05, 4.69) is 10.2 Å². The number of benzene rings is 1. The van der Waals surface area contributed by atoms with Crippen LogP contribution in [0.4, 0.5) is 0 Å². The second-order valence-corrected chi connectivity index (χ2v) is 4.81. The maximum Gasteiger partial charge on any atom is 0.363 e. The molecule has 0 saturated heterocycles. The zero-order chi connectivity index (χ0) is 11.8. The minimum absolute atomic E-state index is 0.304. The lowest BCUT2D eigenvalue weighted by molar-refractivity contribution is -0.163. The zero-order valence-electron chi connectivity index (χ0n) is 9.60. The van der Waals surface area contributed by atoms with E-state index in [1.807, 2.05) is 30.3 Å². The molecule has 0 amide bonds. The summed E-state index contributed by atoms with van der Waals surface area (Å²) >= 11 is 0. The van der Waals surface area contributed by atoms with Gasteiger partial charge in [0.25, 0.3) is 0 Å². The van der Waals surface area contributed by atoms with Crippen molar-refractivity contribution in [2.45, 2.75) is 26.6 Å². The van der Waals surface area contributed by atoms with E-state index in [0.717, 1.165) is 5.56 Å². The Hall–Kier alpha value is -1.71. The lowest BCUT2D eigenvalue weighted by Gasteiger charge is -2.19. The standard InChI is InChI=1S/C12H14N2O2/c1-11(2,3)10(15)16-12(13-14-12)9-7-5-4-6-8-9/h4-8H,1-3H3. The smallest absolute Gasteiger partial charge is 0.363 e. The fourth-order valence-corrected chi connectivity index (χ4v) is 1.20. The van der Waals surface area contributed by atoms with Gasteiger partial charge in [0.2, 0.25) is 0 Å². The van der Waals surface area contributed by atoms with Crippen molar-refractivity contribution in [3.63, 3.8) is 0 Å². The van der Waals surface area contributed by atoms with Gasteiger partial charge < -0.3 is 4.74 Å². The van der Waals surface area contributed by atoms with Crippen LogP contribution in [0.2, 0.25) is 0 Å². The summed E-state index contributed by atoms with van der Waals surface area (Å²) in [6.45, 7) is 5.41. The SMILES string of the molecule is CC(C)(C)C(=O)OC1(c2ccccc2)N=N1. The summed E-state index contributed by atoms with van der Waals surface area (Å²) in [7, 11) is 0. The third kappa shape index (κ3) is 1.96. The highest BCUT2D eigenvalue weighted by molar-refractivity contribution is 5.76. The van der Waals surface area contributed by atoms with Gasteiger partial charge in [-0.15, -0.1) is 10.2 Å². The van der Waals surface area contributed by atoms with Crippen LogP contribution < -0.4 is 0 Å². The molecule has 16 heavy (non-hydrogen) atoms. The Labute approximate surface area is 94.3 Å². The Kier molecular flexibility index (Phi) is 2.30. The van der Waals surface area contributed by atoms with Gasteiger partial charge in [0.05, 0.1) is 5.41 Å². The van der Waals surface area contributed by atoms with Gasteiger partial charge in [-0.1, -0.05) is 30.3 Å². The van der Waals surface area contributed by atoms with Crippen molar-refractivity contribution in [1.82, 2.24) is 0 Å². The van der Waals surface area contributed by atoms with Crippen LogP contribution in [-0.4, -0.2) is 5.97 Å². The number of hydrogen-bond donors (Lipinski definition) is 0. The normalized spacial score (nSPS) is 16.9. The van der Waals surface area contributed by atoms with Gasteiger partial charge in [-0.3, -0.25) is 4.79 Å². The van der Waals surface area contributed by atoms with Gasteiger partial charge in [-0.05, 0) is 20.8 Å². The average molecular weight is 218 g/mol. The number of ether oxygens (including phenoxy) is 1. The highest BCUT2D eigenvalue weighted by atomic mass is 16.6. The van der Waals surface area contributed by atoms with Gasteiger partial charge in [-0.25, -0.2) is 0 Å². The fraction of sp³-hybridized carbons (Fsp3) is 0.417. The van der Waals surface area contributed by atoms with Crippen LogP contribution in [0.25, 0.3) is 0 Å². The first-order valence-electron chi connectivity index (χ1n) is 5.17. The van der Waals surface area contributed by atoms with Crippen LogP contribution in [-0.2, 0) is 15.4 Å². The highest BCUT2D eigenvalue weighted by Crippen LogP contribution is 2.42. The first-order chi connectivity index (χ1) is 7.44. The topological polar surface area (TPSA) is 51.0 Å². The minimum atomic E-state index is -1.08. The molecule has 4 heteroatoms. The Bertz CT molecular complexity index is 426. The number of hydrogen-bond acceptors (Lipinski definition) is 4. The minimum Gasteiger partial charge on any atom is -0.409 e. The van der Waals surface area contributed by atoms with Crippen molar-refractivity contribution >= 4 is 5.97 Å². The van der Waals surface area contributed by atoms with Gasteiger partial charge >= 0.3 is 11.8 Å². The van der Waals surface area contributed by atoms with E-state index in [1.54, 1.807) is 20.8 Å². The summed E-state index contributed by atoms with van der Waals surface area (Å²) < 4.78 is 5.33. The third-order valence-corrected chi connectivity index (χ3v) is 2.28. The quantitative estimate of drug-likeness (QED) is 0.716. The first kappa shape index (κ1) is 10.8. The predicted molar refractivity (Wildman–Crippen MR) is 58.5 cm³/mol. The highest BCUT2D eigenvalue weighted by Gasteiger charge is 2.48. The molecule has 0 saturated carbocycles. The van der Waals surface area contributed by atoms with Crippen LogP contribution in [0.5, 0.6) is 0 Å². The molecular formula is C12H14N2O2. The molecule has 1 aliphatic rings. The molecule has 0 spiro atoms. The molecule has 4 nitrogen and oxygen atoms in total. The lowest BCUT2D eigenvalue weighted by atomic mass is 9.97. The molecule has 0 radical (unpaired) electrons. The maximum absolute atomic E-state index is 11.8. The van der Waals surface area contributed by atoms with Gasteiger partial charge in [0.1, 0.15) is 0 Å². The van der Waals surface area contributed by atoms with Crippen molar-refractivity contribution in [3.8, 4) is 0 Å². The van der Waals surface area contributed by atoms with Gasteiger partial charge in [-0.2, -0.15) is 0 Å². The first-order valence-corrected chi connectivity index (χ1v) is 5.17. The number of rotatable bonds is 2. The van der Waals surface area contributed by atoms with E-state index in [1.165, 1.54) is 0 Å². The Morgan fingerprint density at radius 1 is 1.19 bits per heavy atom. The molecule has 84 valence electrons. The number of carbonyl (C=O) groups is 1. The van der Waals surface area contributed by atoms with Crippen molar-refractivity contribution in [2.24, 2.45) is 15.6 Å². The lowest BCUT2D eigenvalue weighted by Crippen LogP contribution is -2.28. The molecule has 1 aliphatic heterocycles. The van der Waals surface area contributed by atoms with Crippen LogP contribution in [0.1, 0.15) is 26.3 Å². The zero-order valence-corrected chi connectivity index (χ0v) is 9.60. The maximum atomic E-state index is 11.8. The van der Waals surface area contributed by atoms with E-state index < -0.39 is 11.3 Å². The van der Waals surface area contributed by atoms with E-state index >= 15 is 0 Å². The molecule has 0 N–H and O–H groups in total. The molecule has 0 aromatic heterocycles. The largest absolute Gasteiger partial charge is 0.409 e. The number of esters is 1.